The van der Waals surface area contributed by atoms with Gasteiger partial charge in [-0.2, -0.15) is 0 Å². The maximum absolute atomic E-state index is 12.4. The predicted octanol–water partition coefficient (Wildman–Crippen LogP) is 0.600. The molecule has 3 fully saturated rings. The van der Waals surface area contributed by atoms with Crippen LogP contribution in [0.1, 0.15) is 32.6 Å². The van der Waals surface area contributed by atoms with Crippen molar-refractivity contribution in [1.29, 1.82) is 0 Å². The van der Waals surface area contributed by atoms with Gasteiger partial charge in [-0.25, -0.2) is 0 Å². The lowest BCUT2D eigenvalue weighted by atomic mass is 9.91. The summed E-state index contributed by atoms with van der Waals surface area (Å²) in [5.41, 5.74) is 0. The Hall–Kier alpha value is -0.650. The summed E-state index contributed by atoms with van der Waals surface area (Å²) in [7, 11) is 2.26. The van der Waals surface area contributed by atoms with Gasteiger partial charge in [0.1, 0.15) is 0 Å². The van der Waals surface area contributed by atoms with E-state index in [0.29, 0.717) is 19.1 Å². The molecular weight excluding hydrogens is 266 g/mol. The maximum atomic E-state index is 12.4. The van der Waals surface area contributed by atoms with Crippen molar-refractivity contribution in [2.75, 3.05) is 33.4 Å². The Balaban J connectivity index is 1.46. The lowest BCUT2D eigenvalue weighted by Gasteiger charge is -2.36. The van der Waals surface area contributed by atoms with Gasteiger partial charge in [-0.3, -0.25) is 4.79 Å². The number of likely N-dealkylation sites (N-methyl/N-ethyl adjacent to an activating group) is 1. The van der Waals surface area contributed by atoms with Crippen LogP contribution in [0.4, 0.5) is 0 Å². The normalized spacial score (nSPS) is 39.6. The Kier molecular flexibility index (Phi) is 4.82. The second-order valence-electron chi connectivity index (χ2n) is 6.94. The molecule has 2 N–H and O–H groups in total. The Bertz CT molecular complexity index is 363. The van der Waals surface area contributed by atoms with Crippen molar-refractivity contribution in [3.8, 4) is 0 Å². The molecule has 3 heterocycles. The molecule has 0 aromatic rings. The molecule has 5 nitrogen and oxygen atoms in total. The molecule has 4 atom stereocenters. The number of piperidine rings is 1. The van der Waals surface area contributed by atoms with Crippen LogP contribution < -0.4 is 10.6 Å². The Morgan fingerprint density at radius 1 is 1.24 bits per heavy atom. The smallest absolute Gasteiger partial charge is 0.227 e. The standard InChI is InChI=1S/C16H29N3O2/c1-3-17-15-10-21-9-14(15)16(20)18-8-11-6-12-4-5-13(7-11)19(12)2/h11-15,17H,3-10H2,1-2H3,(H,18,20). The lowest BCUT2D eigenvalue weighted by Crippen LogP contribution is -2.47. The summed E-state index contributed by atoms with van der Waals surface area (Å²) in [5, 5.41) is 6.54. The SMILES string of the molecule is CCNC1COCC1C(=O)NCC1CC2CCC(C1)N2C. The molecule has 0 radical (unpaired) electrons. The summed E-state index contributed by atoms with van der Waals surface area (Å²) >= 11 is 0. The third-order valence-corrected chi connectivity index (χ3v) is 5.64. The average Bonchev–Trinajstić information content (AvgIpc) is 2.99. The van der Waals surface area contributed by atoms with Crippen molar-refractivity contribution >= 4 is 5.91 Å². The van der Waals surface area contributed by atoms with Crippen LogP contribution in [0.5, 0.6) is 0 Å². The van der Waals surface area contributed by atoms with Crippen LogP contribution in [-0.2, 0) is 9.53 Å². The minimum atomic E-state index is -0.0204. The molecule has 3 saturated heterocycles. The van der Waals surface area contributed by atoms with Gasteiger partial charge in [0, 0.05) is 24.7 Å². The second kappa shape index (κ2) is 6.63. The molecule has 5 heteroatoms. The molecule has 2 bridgehead atoms. The van der Waals surface area contributed by atoms with E-state index in [9.17, 15) is 4.79 Å². The fraction of sp³-hybridized carbons (Fsp3) is 0.938. The highest BCUT2D eigenvalue weighted by Gasteiger charge is 2.39. The zero-order valence-corrected chi connectivity index (χ0v) is 13.3. The highest BCUT2D eigenvalue weighted by molar-refractivity contribution is 5.79. The Morgan fingerprint density at radius 3 is 2.62 bits per heavy atom. The summed E-state index contributed by atoms with van der Waals surface area (Å²) in [6.45, 7) is 5.01. The zero-order valence-electron chi connectivity index (χ0n) is 13.3. The van der Waals surface area contributed by atoms with Crippen molar-refractivity contribution in [2.24, 2.45) is 11.8 Å². The summed E-state index contributed by atoms with van der Waals surface area (Å²) in [4.78, 5) is 14.9. The molecule has 3 aliphatic rings. The highest BCUT2D eigenvalue weighted by atomic mass is 16.5. The minimum Gasteiger partial charge on any atom is -0.379 e. The number of hydrogen-bond donors (Lipinski definition) is 2. The monoisotopic (exact) mass is 295 g/mol. The van der Waals surface area contributed by atoms with E-state index in [0.717, 1.165) is 25.2 Å². The van der Waals surface area contributed by atoms with Gasteiger partial charge in [0.25, 0.3) is 0 Å². The van der Waals surface area contributed by atoms with E-state index < -0.39 is 0 Å². The molecule has 0 aromatic carbocycles. The average molecular weight is 295 g/mol. The van der Waals surface area contributed by atoms with Crippen LogP contribution >= 0.6 is 0 Å². The number of nitrogens with one attached hydrogen (secondary N) is 2. The predicted molar refractivity (Wildman–Crippen MR) is 82.1 cm³/mol. The van der Waals surface area contributed by atoms with Crippen molar-refractivity contribution in [3.63, 3.8) is 0 Å². The fourth-order valence-electron chi connectivity index (χ4n) is 4.34. The van der Waals surface area contributed by atoms with Crippen molar-refractivity contribution in [1.82, 2.24) is 15.5 Å². The molecule has 21 heavy (non-hydrogen) atoms. The van der Waals surface area contributed by atoms with Gasteiger partial charge in [0.2, 0.25) is 5.91 Å². The molecule has 1 amide bonds. The molecule has 0 aliphatic carbocycles. The first kappa shape index (κ1) is 15.3. The van der Waals surface area contributed by atoms with Gasteiger partial charge < -0.3 is 20.3 Å². The number of hydrogen-bond acceptors (Lipinski definition) is 4. The first-order valence-electron chi connectivity index (χ1n) is 8.49. The molecule has 0 spiro atoms. The van der Waals surface area contributed by atoms with E-state index in [1.54, 1.807) is 0 Å². The molecule has 3 rings (SSSR count). The number of rotatable bonds is 5. The van der Waals surface area contributed by atoms with Gasteiger partial charge in [-0.15, -0.1) is 0 Å². The third kappa shape index (κ3) is 3.25. The van der Waals surface area contributed by atoms with Crippen LogP contribution in [0, 0.1) is 11.8 Å². The van der Waals surface area contributed by atoms with Crippen molar-refractivity contribution in [3.05, 3.63) is 0 Å². The van der Waals surface area contributed by atoms with E-state index in [-0.39, 0.29) is 17.9 Å². The Labute approximate surface area is 127 Å². The molecule has 120 valence electrons. The van der Waals surface area contributed by atoms with E-state index in [1.165, 1.54) is 25.7 Å². The van der Waals surface area contributed by atoms with Crippen LogP contribution in [0.15, 0.2) is 0 Å². The molecule has 3 aliphatic heterocycles. The quantitative estimate of drug-likeness (QED) is 0.780. The van der Waals surface area contributed by atoms with Gasteiger partial charge in [0.05, 0.1) is 19.1 Å². The van der Waals surface area contributed by atoms with E-state index >= 15 is 0 Å². The van der Waals surface area contributed by atoms with Crippen LogP contribution in [0.25, 0.3) is 0 Å². The fourth-order valence-corrected chi connectivity index (χ4v) is 4.34. The first-order valence-corrected chi connectivity index (χ1v) is 8.49. The van der Waals surface area contributed by atoms with Gasteiger partial charge in [-0.05, 0) is 45.2 Å². The second-order valence-corrected chi connectivity index (χ2v) is 6.94. The first-order chi connectivity index (χ1) is 10.2. The highest BCUT2D eigenvalue weighted by Crippen LogP contribution is 2.37. The van der Waals surface area contributed by atoms with Crippen LogP contribution in [-0.4, -0.2) is 62.3 Å². The van der Waals surface area contributed by atoms with Crippen molar-refractivity contribution in [2.45, 2.75) is 50.7 Å². The number of fused-ring (bicyclic) bond motifs is 2. The molecule has 0 saturated carbocycles. The van der Waals surface area contributed by atoms with Gasteiger partial charge in [-0.1, -0.05) is 6.92 Å². The summed E-state index contributed by atoms with van der Waals surface area (Å²) < 4.78 is 5.46. The third-order valence-electron chi connectivity index (χ3n) is 5.64. The van der Waals surface area contributed by atoms with E-state index in [1.807, 2.05) is 0 Å². The number of carbonyl (C=O) groups is 1. The molecule has 4 unspecified atom stereocenters. The topological polar surface area (TPSA) is 53.6 Å². The number of carbonyl (C=O) groups excluding carboxylic acids is 1. The number of ether oxygens (including phenoxy) is 1. The lowest BCUT2D eigenvalue weighted by molar-refractivity contribution is -0.125. The molecule has 0 aromatic heterocycles. The van der Waals surface area contributed by atoms with Gasteiger partial charge >= 0.3 is 0 Å². The van der Waals surface area contributed by atoms with E-state index in [2.05, 4.69) is 29.5 Å². The van der Waals surface area contributed by atoms with Crippen LogP contribution in [0.3, 0.4) is 0 Å². The number of nitrogens with zero attached hydrogens (tertiary/aromatic N) is 1. The maximum Gasteiger partial charge on any atom is 0.227 e. The number of amides is 1. The van der Waals surface area contributed by atoms with Crippen LogP contribution in [0.2, 0.25) is 0 Å². The van der Waals surface area contributed by atoms with Crippen molar-refractivity contribution < 1.29 is 9.53 Å². The summed E-state index contributed by atoms with van der Waals surface area (Å²) in [6, 6.07) is 1.67. The van der Waals surface area contributed by atoms with Gasteiger partial charge in [0.15, 0.2) is 0 Å². The van der Waals surface area contributed by atoms with E-state index in [4.69, 9.17) is 4.74 Å². The summed E-state index contributed by atoms with van der Waals surface area (Å²) in [6.07, 6.45) is 5.16. The minimum absolute atomic E-state index is 0.0204. The Morgan fingerprint density at radius 2 is 1.95 bits per heavy atom. The zero-order chi connectivity index (χ0) is 14.8. The summed E-state index contributed by atoms with van der Waals surface area (Å²) in [5.74, 6) is 0.806. The molecular formula is C16H29N3O2. The largest absolute Gasteiger partial charge is 0.379 e.